The van der Waals surface area contributed by atoms with Crippen molar-refractivity contribution in [3.8, 4) is 0 Å². The quantitative estimate of drug-likeness (QED) is 0.766. The van der Waals surface area contributed by atoms with Gasteiger partial charge in [0.05, 0.1) is 13.2 Å². The Morgan fingerprint density at radius 3 is 2.88 bits per heavy atom. The smallest absolute Gasteiger partial charge is 0.328 e. The van der Waals surface area contributed by atoms with Crippen molar-refractivity contribution in [2.75, 3.05) is 26.2 Å². The van der Waals surface area contributed by atoms with Crippen LogP contribution in [0.3, 0.4) is 0 Å². The number of amides is 1. The Labute approximate surface area is 147 Å². The summed E-state index contributed by atoms with van der Waals surface area (Å²) >= 11 is 1.76. The second-order valence-corrected chi connectivity index (χ2v) is 7.47. The molecule has 0 spiro atoms. The molecule has 132 valence electrons. The largest absolute Gasteiger partial charge is 0.464 e. The van der Waals surface area contributed by atoms with Gasteiger partial charge in [-0.2, -0.15) is 0 Å². The molecule has 2 fully saturated rings. The first-order chi connectivity index (χ1) is 11.7. The Kier molecular flexibility index (Phi) is 5.89. The fraction of sp³-hybridized carbons (Fsp3) is 0.667. The van der Waals surface area contributed by atoms with Gasteiger partial charge >= 0.3 is 5.97 Å². The van der Waals surface area contributed by atoms with Crippen LogP contribution >= 0.6 is 11.3 Å². The Balaban J connectivity index is 1.65. The molecule has 3 rings (SSSR count). The molecular weight excluding hydrogens is 324 g/mol. The highest BCUT2D eigenvalue weighted by Gasteiger charge is 2.35. The van der Waals surface area contributed by atoms with E-state index in [4.69, 9.17) is 4.74 Å². The highest BCUT2D eigenvalue weighted by Crippen LogP contribution is 2.34. The van der Waals surface area contributed by atoms with Gasteiger partial charge < -0.3 is 9.64 Å². The Morgan fingerprint density at radius 2 is 2.12 bits per heavy atom. The summed E-state index contributed by atoms with van der Waals surface area (Å²) in [6, 6.07) is 4.17. The fourth-order valence-electron chi connectivity index (χ4n) is 3.80. The van der Waals surface area contributed by atoms with Gasteiger partial charge in [-0.25, -0.2) is 4.79 Å². The molecule has 1 amide bonds. The SMILES string of the molecule is CCOC(=O)[C@H]1CCCCN1C(=O)CN1CCC[C@H]1c1cccs1. The monoisotopic (exact) mass is 350 g/mol. The van der Waals surface area contributed by atoms with Crippen molar-refractivity contribution in [3.63, 3.8) is 0 Å². The predicted molar refractivity (Wildman–Crippen MR) is 93.9 cm³/mol. The Morgan fingerprint density at radius 1 is 1.25 bits per heavy atom. The third-order valence-electron chi connectivity index (χ3n) is 4.96. The van der Waals surface area contributed by atoms with Gasteiger partial charge in [0.2, 0.25) is 5.91 Å². The highest BCUT2D eigenvalue weighted by molar-refractivity contribution is 7.10. The summed E-state index contributed by atoms with van der Waals surface area (Å²) in [6.45, 7) is 4.19. The number of hydrogen-bond donors (Lipinski definition) is 0. The molecule has 24 heavy (non-hydrogen) atoms. The molecule has 0 radical (unpaired) electrons. The van der Waals surface area contributed by atoms with Crippen LogP contribution in [-0.4, -0.2) is 54.0 Å². The third-order valence-corrected chi connectivity index (χ3v) is 5.93. The molecule has 2 saturated heterocycles. The van der Waals surface area contributed by atoms with Crippen LogP contribution in [-0.2, 0) is 14.3 Å². The molecule has 0 aromatic carbocycles. The lowest BCUT2D eigenvalue weighted by Gasteiger charge is -2.35. The van der Waals surface area contributed by atoms with E-state index in [-0.39, 0.29) is 11.9 Å². The normalized spacial score (nSPS) is 25.0. The van der Waals surface area contributed by atoms with Crippen molar-refractivity contribution in [2.45, 2.75) is 51.1 Å². The van der Waals surface area contributed by atoms with E-state index in [1.165, 1.54) is 4.88 Å². The number of piperidine rings is 1. The van der Waals surface area contributed by atoms with Gasteiger partial charge in [-0.3, -0.25) is 9.69 Å². The molecule has 3 heterocycles. The fourth-order valence-corrected chi connectivity index (χ4v) is 4.69. The summed E-state index contributed by atoms with van der Waals surface area (Å²) in [5.41, 5.74) is 0. The lowest BCUT2D eigenvalue weighted by atomic mass is 10.0. The number of ether oxygens (including phenoxy) is 1. The first-order valence-electron chi connectivity index (χ1n) is 8.94. The summed E-state index contributed by atoms with van der Waals surface area (Å²) in [7, 11) is 0. The molecule has 0 aliphatic carbocycles. The maximum absolute atomic E-state index is 12.9. The molecule has 1 aromatic heterocycles. The predicted octanol–water partition coefficient (Wildman–Crippen LogP) is 2.83. The molecule has 0 saturated carbocycles. The molecule has 5 nitrogen and oxygen atoms in total. The van der Waals surface area contributed by atoms with E-state index >= 15 is 0 Å². The van der Waals surface area contributed by atoms with Crippen molar-refractivity contribution < 1.29 is 14.3 Å². The first-order valence-corrected chi connectivity index (χ1v) is 9.82. The first kappa shape index (κ1) is 17.4. The average Bonchev–Trinajstić information content (AvgIpc) is 3.26. The van der Waals surface area contributed by atoms with Crippen LogP contribution in [0.15, 0.2) is 17.5 Å². The number of hydrogen-bond acceptors (Lipinski definition) is 5. The standard InChI is InChI=1S/C18H26N2O3S/c1-2-23-18(22)15-7-3-4-11-20(15)17(21)13-19-10-5-8-14(19)16-9-6-12-24-16/h6,9,12,14-15H,2-5,7-8,10-11,13H2,1H3/t14-,15+/m0/s1. The zero-order valence-electron chi connectivity index (χ0n) is 14.3. The van der Waals surface area contributed by atoms with E-state index in [0.29, 0.717) is 25.7 Å². The molecule has 0 bridgehead atoms. The van der Waals surface area contributed by atoms with Crippen molar-refractivity contribution in [1.82, 2.24) is 9.80 Å². The number of thiophene rings is 1. The molecule has 1 aromatic rings. The zero-order chi connectivity index (χ0) is 16.9. The maximum Gasteiger partial charge on any atom is 0.328 e. The zero-order valence-corrected chi connectivity index (χ0v) is 15.1. The second kappa shape index (κ2) is 8.12. The van der Waals surface area contributed by atoms with Crippen LogP contribution in [0.5, 0.6) is 0 Å². The van der Waals surface area contributed by atoms with E-state index in [1.54, 1.807) is 16.2 Å². The molecule has 2 atom stereocenters. The summed E-state index contributed by atoms with van der Waals surface area (Å²) in [5, 5.41) is 2.09. The van der Waals surface area contributed by atoms with Gasteiger partial charge in [0.15, 0.2) is 0 Å². The minimum Gasteiger partial charge on any atom is -0.464 e. The number of likely N-dealkylation sites (tertiary alicyclic amines) is 2. The number of carbonyl (C=O) groups is 2. The van der Waals surface area contributed by atoms with Crippen LogP contribution < -0.4 is 0 Å². The third kappa shape index (κ3) is 3.81. The molecule has 0 unspecified atom stereocenters. The summed E-state index contributed by atoms with van der Waals surface area (Å²) in [4.78, 5) is 30.4. The van der Waals surface area contributed by atoms with Crippen molar-refractivity contribution in [2.24, 2.45) is 0 Å². The van der Waals surface area contributed by atoms with Crippen molar-refractivity contribution in [3.05, 3.63) is 22.4 Å². The van der Waals surface area contributed by atoms with Crippen LogP contribution in [0.2, 0.25) is 0 Å². The van der Waals surface area contributed by atoms with Crippen molar-refractivity contribution >= 4 is 23.2 Å². The number of nitrogens with zero attached hydrogens (tertiary/aromatic N) is 2. The summed E-state index contributed by atoms with van der Waals surface area (Å²) in [6.07, 6.45) is 4.90. The van der Waals surface area contributed by atoms with E-state index in [0.717, 1.165) is 38.6 Å². The maximum atomic E-state index is 12.9. The van der Waals surface area contributed by atoms with Gasteiger partial charge in [0.1, 0.15) is 6.04 Å². The van der Waals surface area contributed by atoms with E-state index in [2.05, 4.69) is 22.4 Å². The van der Waals surface area contributed by atoms with Crippen LogP contribution in [0.25, 0.3) is 0 Å². The highest BCUT2D eigenvalue weighted by atomic mass is 32.1. The van der Waals surface area contributed by atoms with E-state index < -0.39 is 6.04 Å². The average molecular weight is 350 g/mol. The molecule has 2 aliphatic rings. The minimum atomic E-state index is -0.394. The van der Waals surface area contributed by atoms with Gasteiger partial charge in [-0.15, -0.1) is 11.3 Å². The number of esters is 1. The second-order valence-electron chi connectivity index (χ2n) is 6.49. The van der Waals surface area contributed by atoms with Crippen LogP contribution in [0.4, 0.5) is 0 Å². The minimum absolute atomic E-state index is 0.0659. The molecule has 2 aliphatic heterocycles. The van der Waals surface area contributed by atoms with E-state index in [1.807, 2.05) is 6.92 Å². The molecule has 6 heteroatoms. The Hall–Kier alpha value is -1.40. The topological polar surface area (TPSA) is 49.9 Å². The van der Waals surface area contributed by atoms with Crippen molar-refractivity contribution in [1.29, 1.82) is 0 Å². The lowest BCUT2D eigenvalue weighted by molar-refractivity contribution is -0.157. The summed E-state index contributed by atoms with van der Waals surface area (Å²) in [5.74, 6) is -0.182. The van der Waals surface area contributed by atoms with Gasteiger partial charge in [0, 0.05) is 17.5 Å². The van der Waals surface area contributed by atoms with Crippen LogP contribution in [0.1, 0.15) is 49.9 Å². The molecule has 0 N–H and O–H groups in total. The summed E-state index contributed by atoms with van der Waals surface area (Å²) < 4.78 is 5.17. The van der Waals surface area contributed by atoms with Gasteiger partial charge in [-0.1, -0.05) is 6.07 Å². The number of carbonyl (C=O) groups excluding carboxylic acids is 2. The van der Waals surface area contributed by atoms with Crippen LogP contribution in [0, 0.1) is 0 Å². The molecular formula is C18H26N2O3S. The van der Waals surface area contributed by atoms with Gasteiger partial charge in [-0.05, 0) is 57.0 Å². The van der Waals surface area contributed by atoms with Gasteiger partial charge in [0.25, 0.3) is 0 Å². The Bertz CT molecular complexity index is 561. The lowest BCUT2D eigenvalue weighted by Crippen LogP contribution is -2.51. The number of rotatable bonds is 5. The van der Waals surface area contributed by atoms with E-state index in [9.17, 15) is 9.59 Å².